The molecule has 3 nitrogen and oxygen atoms in total. The molecule has 0 unspecified atom stereocenters. The molecule has 0 aliphatic heterocycles. The third-order valence-corrected chi connectivity index (χ3v) is 2.65. The van der Waals surface area contributed by atoms with Crippen molar-refractivity contribution in [2.75, 3.05) is 6.61 Å². The van der Waals surface area contributed by atoms with Crippen LogP contribution in [0.5, 0.6) is 0 Å². The van der Waals surface area contributed by atoms with Gasteiger partial charge in [0.15, 0.2) is 0 Å². The van der Waals surface area contributed by atoms with Crippen LogP contribution in [0.2, 0.25) is 10.0 Å². The number of carbonyl (C=O) groups excluding carboxylic acids is 2. The molecule has 17 heavy (non-hydrogen) atoms. The molecule has 0 aliphatic carbocycles. The van der Waals surface area contributed by atoms with E-state index in [0.29, 0.717) is 15.6 Å². The van der Waals surface area contributed by atoms with Crippen molar-refractivity contribution in [2.24, 2.45) is 0 Å². The monoisotopic (exact) mass is 274 g/mol. The lowest BCUT2D eigenvalue weighted by Crippen LogP contribution is -2.13. The smallest absolute Gasteiger partial charge is 0.313 e. The van der Waals surface area contributed by atoms with Crippen LogP contribution in [0.25, 0.3) is 0 Å². The number of ketones is 1. The summed E-state index contributed by atoms with van der Waals surface area (Å²) in [6.45, 7) is 1.96. The molecule has 0 aromatic heterocycles. The zero-order valence-corrected chi connectivity index (χ0v) is 10.8. The molecular formula is C12H12Cl2O3. The van der Waals surface area contributed by atoms with Crippen molar-refractivity contribution < 1.29 is 14.3 Å². The van der Waals surface area contributed by atoms with Gasteiger partial charge in [0.25, 0.3) is 0 Å². The summed E-state index contributed by atoms with van der Waals surface area (Å²) in [5.41, 5.74) is 0.619. The van der Waals surface area contributed by atoms with E-state index in [0.717, 1.165) is 0 Å². The van der Waals surface area contributed by atoms with Gasteiger partial charge in [-0.25, -0.2) is 0 Å². The predicted molar refractivity (Wildman–Crippen MR) is 66.4 cm³/mol. The first kappa shape index (κ1) is 14.0. The van der Waals surface area contributed by atoms with Crippen LogP contribution >= 0.6 is 23.2 Å². The fraction of sp³-hybridized carbons (Fsp3) is 0.333. The first-order valence-electron chi connectivity index (χ1n) is 5.14. The van der Waals surface area contributed by atoms with E-state index in [4.69, 9.17) is 23.2 Å². The van der Waals surface area contributed by atoms with Crippen LogP contribution in [0.4, 0.5) is 0 Å². The molecule has 0 spiro atoms. The summed E-state index contributed by atoms with van der Waals surface area (Å²) in [4.78, 5) is 22.7. The Hall–Kier alpha value is -1.06. The van der Waals surface area contributed by atoms with Crippen LogP contribution in [0, 0.1) is 0 Å². The average Bonchev–Trinajstić information content (AvgIpc) is 2.23. The van der Waals surface area contributed by atoms with Crippen LogP contribution in [-0.2, 0) is 20.7 Å². The summed E-state index contributed by atoms with van der Waals surface area (Å²) >= 11 is 11.7. The average molecular weight is 275 g/mol. The van der Waals surface area contributed by atoms with E-state index in [1.54, 1.807) is 25.1 Å². The zero-order valence-electron chi connectivity index (χ0n) is 9.33. The SMILES string of the molecule is CCOC(=O)CC(=O)Cc1cc(Cl)ccc1Cl. The Morgan fingerprint density at radius 2 is 2.00 bits per heavy atom. The second-order valence-corrected chi connectivity index (χ2v) is 4.28. The minimum Gasteiger partial charge on any atom is -0.466 e. The van der Waals surface area contributed by atoms with Crippen molar-refractivity contribution in [2.45, 2.75) is 19.8 Å². The predicted octanol–water partition coefficient (Wildman–Crippen LogP) is 3.06. The van der Waals surface area contributed by atoms with Gasteiger partial charge < -0.3 is 4.74 Å². The minimum absolute atomic E-state index is 0.0816. The number of Topliss-reactive ketones (excluding diaryl/α,β-unsaturated/α-hetero) is 1. The molecule has 0 aliphatic rings. The summed E-state index contributed by atoms with van der Waals surface area (Å²) in [6.07, 6.45) is -0.158. The number of hydrogen-bond acceptors (Lipinski definition) is 3. The van der Waals surface area contributed by atoms with Gasteiger partial charge in [-0.3, -0.25) is 9.59 Å². The highest BCUT2D eigenvalue weighted by Gasteiger charge is 2.13. The highest BCUT2D eigenvalue weighted by atomic mass is 35.5. The number of hydrogen-bond donors (Lipinski definition) is 0. The van der Waals surface area contributed by atoms with E-state index in [2.05, 4.69) is 4.74 Å². The normalized spacial score (nSPS) is 10.1. The second kappa shape index (κ2) is 6.62. The van der Waals surface area contributed by atoms with Gasteiger partial charge in [-0.15, -0.1) is 0 Å². The lowest BCUT2D eigenvalue weighted by Gasteiger charge is -2.04. The topological polar surface area (TPSA) is 43.4 Å². The van der Waals surface area contributed by atoms with Crippen molar-refractivity contribution in [3.05, 3.63) is 33.8 Å². The molecule has 1 rings (SSSR count). The fourth-order valence-corrected chi connectivity index (χ4v) is 1.71. The number of ether oxygens (including phenoxy) is 1. The highest BCUT2D eigenvalue weighted by Crippen LogP contribution is 2.21. The molecule has 1 aromatic carbocycles. The van der Waals surface area contributed by atoms with Crippen LogP contribution in [0.15, 0.2) is 18.2 Å². The third kappa shape index (κ3) is 4.75. The van der Waals surface area contributed by atoms with Crippen LogP contribution < -0.4 is 0 Å². The molecule has 0 radical (unpaired) electrons. The zero-order chi connectivity index (χ0) is 12.8. The van der Waals surface area contributed by atoms with Crippen LogP contribution in [-0.4, -0.2) is 18.4 Å². The van der Waals surface area contributed by atoms with E-state index in [1.165, 1.54) is 0 Å². The number of benzene rings is 1. The molecule has 92 valence electrons. The number of esters is 1. The first-order chi connectivity index (χ1) is 8.02. The third-order valence-electron chi connectivity index (χ3n) is 2.04. The fourth-order valence-electron chi connectivity index (χ4n) is 1.33. The standard InChI is InChI=1S/C12H12Cl2O3/c1-2-17-12(16)7-10(15)6-8-5-9(13)3-4-11(8)14/h3-5H,2,6-7H2,1H3. The number of carbonyl (C=O) groups is 2. The Bertz CT molecular complexity index is 430. The molecule has 1 aromatic rings. The maximum Gasteiger partial charge on any atom is 0.313 e. The van der Waals surface area contributed by atoms with Gasteiger partial charge in [0.1, 0.15) is 12.2 Å². The number of halogens is 2. The first-order valence-corrected chi connectivity index (χ1v) is 5.89. The van der Waals surface area contributed by atoms with Gasteiger partial charge in [0.05, 0.1) is 6.61 Å². The summed E-state index contributed by atoms with van der Waals surface area (Å²) in [6, 6.07) is 4.88. The quantitative estimate of drug-likeness (QED) is 0.612. The molecule has 0 atom stereocenters. The number of rotatable bonds is 5. The molecule has 0 heterocycles. The van der Waals surface area contributed by atoms with Gasteiger partial charge in [-0.2, -0.15) is 0 Å². The molecule has 0 fully saturated rings. The second-order valence-electron chi connectivity index (χ2n) is 3.43. The van der Waals surface area contributed by atoms with Crippen LogP contribution in [0.1, 0.15) is 18.9 Å². The van der Waals surface area contributed by atoms with E-state index < -0.39 is 5.97 Å². The molecule has 0 saturated carbocycles. The molecule has 0 amide bonds. The van der Waals surface area contributed by atoms with Gasteiger partial charge in [-0.1, -0.05) is 23.2 Å². The molecule has 0 bridgehead atoms. The summed E-state index contributed by atoms with van der Waals surface area (Å²) < 4.78 is 4.69. The van der Waals surface area contributed by atoms with E-state index in [9.17, 15) is 9.59 Å². The summed E-state index contributed by atoms with van der Waals surface area (Å²) in [7, 11) is 0. The van der Waals surface area contributed by atoms with Crippen molar-refractivity contribution in [3.8, 4) is 0 Å². The highest BCUT2D eigenvalue weighted by molar-refractivity contribution is 6.33. The van der Waals surface area contributed by atoms with E-state index in [1.807, 2.05) is 0 Å². The van der Waals surface area contributed by atoms with Gasteiger partial charge in [0, 0.05) is 16.5 Å². The Morgan fingerprint density at radius 1 is 1.29 bits per heavy atom. The van der Waals surface area contributed by atoms with Gasteiger partial charge in [-0.05, 0) is 30.7 Å². The van der Waals surface area contributed by atoms with Crippen molar-refractivity contribution in [3.63, 3.8) is 0 Å². The largest absolute Gasteiger partial charge is 0.466 e. The lowest BCUT2D eigenvalue weighted by molar-refractivity contribution is -0.145. The Morgan fingerprint density at radius 3 is 2.65 bits per heavy atom. The molecule has 0 N–H and O–H groups in total. The Labute approximate surface area is 110 Å². The maximum atomic E-state index is 11.6. The van der Waals surface area contributed by atoms with E-state index in [-0.39, 0.29) is 25.2 Å². The summed E-state index contributed by atoms with van der Waals surface area (Å²) in [5, 5.41) is 0.972. The molecule has 5 heteroatoms. The summed E-state index contributed by atoms with van der Waals surface area (Å²) in [5.74, 6) is -0.761. The van der Waals surface area contributed by atoms with Crippen molar-refractivity contribution in [1.82, 2.24) is 0 Å². The lowest BCUT2D eigenvalue weighted by atomic mass is 10.1. The maximum absolute atomic E-state index is 11.6. The molecular weight excluding hydrogens is 263 g/mol. The van der Waals surface area contributed by atoms with Crippen molar-refractivity contribution in [1.29, 1.82) is 0 Å². The Balaban J connectivity index is 2.62. The van der Waals surface area contributed by atoms with Gasteiger partial charge in [0.2, 0.25) is 0 Å². The minimum atomic E-state index is -0.518. The van der Waals surface area contributed by atoms with Gasteiger partial charge >= 0.3 is 5.97 Å². The van der Waals surface area contributed by atoms with Crippen LogP contribution in [0.3, 0.4) is 0 Å². The van der Waals surface area contributed by atoms with E-state index >= 15 is 0 Å². The Kier molecular flexibility index (Phi) is 5.45. The van der Waals surface area contributed by atoms with Crippen molar-refractivity contribution >= 4 is 35.0 Å². The molecule has 0 saturated heterocycles.